The number of fused-ring (bicyclic) bond motifs is 3. The fourth-order valence-electron chi connectivity index (χ4n) is 4.35. The number of aromatic hydroxyl groups is 1. The van der Waals surface area contributed by atoms with Crippen molar-refractivity contribution in [1.82, 2.24) is 0 Å². The standard InChI is InChI=1S/C22H26N2O4/c1-22(2,3)14-7-8-17-16(12-14)21-15(5-4-10-28-21)20(23-17)13-6-9-19(25)18(11-13)24(26)27/h6-9,11-12,15,20-21,23,25H,4-5,10H2,1-3H3. The number of hydrogen-bond acceptors (Lipinski definition) is 5. The molecule has 28 heavy (non-hydrogen) atoms. The highest BCUT2D eigenvalue weighted by atomic mass is 16.6. The van der Waals surface area contributed by atoms with Crippen LogP contribution in [0.25, 0.3) is 0 Å². The summed E-state index contributed by atoms with van der Waals surface area (Å²) in [6.07, 6.45) is 1.91. The Kier molecular flexibility index (Phi) is 4.54. The van der Waals surface area contributed by atoms with Crippen LogP contribution in [-0.2, 0) is 10.2 Å². The van der Waals surface area contributed by atoms with Crippen LogP contribution >= 0.6 is 0 Å². The lowest BCUT2D eigenvalue weighted by atomic mass is 9.76. The normalized spacial score (nSPS) is 24.0. The average molecular weight is 382 g/mol. The second-order valence-electron chi connectivity index (χ2n) is 8.78. The highest BCUT2D eigenvalue weighted by Gasteiger charge is 2.40. The second kappa shape index (κ2) is 6.78. The maximum atomic E-state index is 11.3. The fraction of sp³-hybridized carbons (Fsp3) is 0.455. The molecule has 0 amide bonds. The number of nitrogens with one attached hydrogen (secondary N) is 1. The van der Waals surface area contributed by atoms with Gasteiger partial charge in [-0.15, -0.1) is 0 Å². The summed E-state index contributed by atoms with van der Waals surface area (Å²) in [4.78, 5) is 10.7. The van der Waals surface area contributed by atoms with E-state index in [9.17, 15) is 15.2 Å². The molecule has 0 saturated carbocycles. The van der Waals surface area contributed by atoms with Crippen LogP contribution in [0.3, 0.4) is 0 Å². The fourth-order valence-corrected chi connectivity index (χ4v) is 4.35. The first-order chi connectivity index (χ1) is 13.3. The molecule has 0 radical (unpaired) electrons. The van der Waals surface area contributed by atoms with Crippen molar-refractivity contribution in [2.45, 2.75) is 51.2 Å². The third-order valence-corrected chi connectivity index (χ3v) is 5.89. The van der Waals surface area contributed by atoms with Gasteiger partial charge in [0.1, 0.15) is 0 Å². The highest BCUT2D eigenvalue weighted by Crippen LogP contribution is 2.50. The number of benzene rings is 2. The van der Waals surface area contributed by atoms with Crippen molar-refractivity contribution in [2.75, 3.05) is 11.9 Å². The van der Waals surface area contributed by atoms with Gasteiger partial charge in [-0.3, -0.25) is 10.1 Å². The van der Waals surface area contributed by atoms with Gasteiger partial charge in [0.25, 0.3) is 0 Å². The molecule has 3 unspecified atom stereocenters. The highest BCUT2D eigenvalue weighted by molar-refractivity contribution is 5.60. The summed E-state index contributed by atoms with van der Waals surface area (Å²) >= 11 is 0. The van der Waals surface area contributed by atoms with Crippen molar-refractivity contribution in [2.24, 2.45) is 5.92 Å². The van der Waals surface area contributed by atoms with E-state index in [4.69, 9.17) is 4.74 Å². The number of phenolic OH excluding ortho intramolecular Hbond substituents is 1. The Balaban J connectivity index is 1.78. The molecule has 0 aromatic heterocycles. The van der Waals surface area contributed by atoms with Crippen LogP contribution in [0, 0.1) is 16.0 Å². The molecule has 4 rings (SSSR count). The molecule has 2 N–H and O–H groups in total. The first-order valence-electron chi connectivity index (χ1n) is 9.75. The van der Waals surface area contributed by atoms with Crippen molar-refractivity contribution in [3.8, 4) is 5.75 Å². The van der Waals surface area contributed by atoms with E-state index in [1.165, 1.54) is 23.3 Å². The molecule has 2 aliphatic rings. The van der Waals surface area contributed by atoms with E-state index >= 15 is 0 Å². The summed E-state index contributed by atoms with van der Waals surface area (Å²) in [5, 5.41) is 24.7. The molecule has 148 valence electrons. The molecule has 6 nitrogen and oxygen atoms in total. The summed E-state index contributed by atoms with van der Waals surface area (Å²) in [5.74, 6) is -0.128. The molecule has 1 saturated heterocycles. The number of nitro groups is 1. The first-order valence-corrected chi connectivity index (χ1v) is 9.75. The molecule has 0 spiro atoms. The van der Waals surface area contributed by atoms with Crippen LogP contribution in [0.1, 0.15) is 62.4 Å². The molecule has 0 bridgehead atoms. The van der Waals surface area contributed by atoms with E-state index in [0.717, 1.165) is 30.7 Å². The summed E-state index contributed by atoms with van der Waals surface area (Å²) < 4.78 is 6.21. The maximum Gasteiger partial charge on any atom is 0.311 e. The third kappa shape index (κ3) is 3.22. The van der Waals surface area contributed by atoms with Crippen LogP contribution in [0.15, 0.2) is 36.4 Å². The zero-order chi connectivity index (χ0) is 20.1. The van der Waals surface area contributed by atoms with Gasteiger partial charge < -0.3 is 15.2 Å². The van der Waals surface area contributed by atoms with Gasteiger partial charge in [-0.1, -0.05) is 39.0 Å². The number of rotatable bonds is 2. The Hall–Kier alpha value is -2.60. The Morgan fingerprint density at radius 2 is 2.00 bits per heavy atom. The van der Waals surface area contributed by atoms with Crippen molar-refractivity contribution in [1.29, 1.82) is 0 Å². The van der Waals surface area contributed by atoms with Gasteiger partial charge in [-0.05, 0) is 41.5 Å². The molecule has 2 aliphatic heterocycles. The van der Waals surface area contributed by atoms with Gasteiger partial charge >= 0.3 is 5.69 Å². The van der Waals surface area contributed by atoms with E-state index in [1.54, 1.807) is 6.07 Å². The lowest BCUT2D eigenvalue weighted by Crippen LogP contribution is -2.36. The van der Waals surface area contributed by atoms with Crippen LogP contribution in [0.4, 0.5) is 11.4 Å². The third-order valence-electron chi connectivity index (χ3n) is 5.89. The smallest absolute Gasteiger partial charge is 0.311 e. The van der Waals surface area contributed by atoms with E-state index in [-0.39, 0.29) is 34.9 Å². The monoisotopic (exact) mass is 382 g/mol. The topological polar surface area (TPSA) is 84.6 Å². The molecule has 2 heterocycles. The second-order valence-corrected chi connectivity index (χ2v) is 8.78. The minimum absolute atomic E-state index is 0.0369. The van der Waals surface area contributed by atoms with Crippen LogP contribution in [0.2, 0.25) is 0 Å². The lowest BCUT2D eigenvalue weighted by molar-refractivity contribution is -0.385. The predicted molar refractivity (Wildman–Crippen MR) is 108 cm³/mol. The van der Waals surface area contributed by atoms with Crippen molar-refractivity contribution < 1.29 is 14.8 Å². The Bertz CT molecular complexity index is 919. The van der Waals surface area contributed by atoms with E-state index in [0.29, 0.717) is 0 Å². The minimum atomic E-state index is -0.542. The molecule has 2 aromatic rings. The van der Waals surface area contributed by atoms with Gasteiger partial charge in [-0.2, -0.15) is 0 Å². The van der Waals surface area contributed by atoms with Gasteiger partial charge in [0, 0.05) is 29.8 Å². The number of anilines is 1. The molecule has 1 fully saturated rings. The largest absolute Gasteiger partial charge is 0.502 e. The number of ether oxygens (including phenoxy) is 1. The van der Waals surface area contributed by atoms with Gasteiger partial charge in [-0.25, -0.2) is 0 Å². The van der Waals surface area contributed by atoms with E-state index in [1.807, 2.05) is 0 Å². The maximum absolute atomic E-state index is 11.3. The number of nitro benzene ring substituents is 1. The van der Waals surface area contributed by atoms with Crippen molar-refractivity contribution >= 4 is 11.4 Å². The average Bonchev–Trinajstić information content (AvgIpc) is 2.66. The predicted octanol–water partition coefficient (Wildman–Crippen LogP) is 5.23. The van der Waals surface area contributed by atoms with Crippen molar-refractivity contribution in [3.63, 3.8) is 0 Å². The van der Waals surface area contributed by atoms with Crippen LogP contribution < -0.4 is 5.32 Å². The molecular weight excluding hydrogens is 356 g/mol. The Morgan fingerprint density at radius 3 is 2.71 bits per heavy atom. The summed E-state index contributed by atoms with van der Waals surface area (Å²) in [6, 6.07) is 11.0. The SMILES string of the molecule is CC(C)(C)c1ccc2c(c1)C1OCCCC1C(c1ccc(O)c([N+](=O)[O-])c1)N2. The number of hydrogen-bond donors (Lipinski definition) is 2. The van der Waals surface area contributed by atoms with Gasteiger partial charge in [0.05, 0.1) is 17.1 Å². The van der Waals surface area contributed by atoms with Gasteiger partial charge in [0.15, 0.2) is 5.75 Å². The van der Waals surface area contributed by atoms with E-state index < -0.39 is 4.92 Å². The first kappa shape index (κ1) is 18.7. The summed E-state index contributed by atoms with van der Waals surface area (Å²) in [7, 11) is 0. The Morgan fingerprint density at radius 1 is 1.21 bits per heavy atom. The summed E-state index contributed by atoms with van der Waals surface area (Å²) in [6.45, 7) is 7.32. The van der Waals surface area contributed by atoms with Gasteiger partial charge in [0.2, 0.25) is 0 Å². The number of phenols is 1. The number of nitrogens with zero attached hydrogens (tertiary/aromatic N) is 1. The van der Waals surface area contributed by atoms with Crippen LogP contribution in [-0.4, -0.2) is 16.6 Å². The van der Waals surface area contributed by atoms with E-state index in [2.05, 4.69) is 44.3 Å². The zero-order valence-corrected chi connectivity index (χ0v) is 16.4. The molecular formula is C22H26N2O4. The molecule has 0 aliphatic carbocycles. The van der Waals surface area contributed by atoms with Crippen LogP contribution in [0.5, 0.6) is 5.75 Å². The zero-order valence-electron chi connectivity index (χ0n) is 16.4. The van der Waals surface area contributed by atoms with Crippen molar-refractivity contribution in [3.05, 3.63) is 63.2 Å². The summed E-state index contributed by atoms with van der Waals surface area (Å²) in [5.41, 5.74) is 4.03. The molecule has 3 atom stereocenters. The Labute approximate surface area is 164 Å². The molecule has 2 aromatic carbocycles. The quantitative estimate of drug-likeness (QED) is 0.548. The molecule has 6 heteroatoms. The lowest BCUT2D eigenvalue weighted by Gasteiger charge is -2.43. The minimum Gasteiger partial charge on any atom is -0.502 e.